The summed E-state index contributed by atoms with van der Waals surface area (Å²) in [7, 11) is 0. The maximum Gasteiger partial charge on any atom is 0.347 e. The van der Waals surface area contributed by atoms with Gasteiger partial charge in [-0.05, 0) is 61.7 Å². The van der Waals surface area contributed by atoms with E-state index in [-0.39, 0.29) is 35.9 Å². The SMILES string of the molecule is Cc1cc(C)n(CCC(=O)N2CCc3cc(=O)n(-c4ccc(F)cc4)cc3C2)c(=O)n1. The van der Waals surface area contributed by atoms with Crippen molar-refractivity contribution in [2.45, 2.75) is 39.8 Å². The van der Waals surface area contributed by atoms with Crippen molar-refractivity contribution in [2.75, 3.05) is 6.54 Å². The lowest BCUT2D eigenvalue weighted by molar-refractivity contribution is -0.132. The molecule has 0 saturated carbocycles. The van der Waals surface area contributed by atoms with E-state index < -0.39 is 0 Å². The number of carbonyl (C=O) groups is 1. The second-order valence-corrected chi connectivity index (χ2v) is 7.80. The molecule has 3 aromatic rings. The highest BCUT2D eigenvalue weighted by molar-refractivity contribution is 5.76. The number of hydrogen-bond donors (Lipinski definition) is 0. The molecular weight excluding hydrogens is 399 g/mol. The summed E-state index contributed by atoms with van der Waals surface area (Å²) >= 11 is 0. The highest BCUT2D eigenvalue weighted by Gasteiger charge is 2.22. The molecule has 0 spiro atoms. The molecule has 1 aliphatic rings. The summed E-state index contributed by atoms with van der Waals surface area (Å²) in [6.45, 7) is 4.77. The van der Waals surface area contributed by atoms with Gasteiger partial charge in [0.2, 0.25) is 5.91 Å². The molecular formula is C23H23FN4O3. The van der Waals surface area contributed by atoms with Crippen molar-refractivity contribution in [3.8, 4) is 5.69 Å². The van der Waals surface area contributed by atoms with E-state index in [4.69, 9.17) is 0 Å². The Balaban J connectivity index is 1.51. The lowest BCUT2D eigenvalue weighted by Gasteiger charge is -2.29. The first-order valence-electron chi connectivity index (χ1n) is 10.1. The van der Waals surface area contributed by atoms with E-state index in [0.29, 0.717) is 30.9 Å². The second kappa shape index (κ2) is 8.29. The minimum absolute atomic E-state index is 0.0583. The van der Waals surface area contributed by atoms with Crippen LogP contribution in [0.2, 0.25) is 0 Å². The quantitative estimate of drug-likeness (QED) is 0.645. The molecule has 0 bridgehead atoms. The van der Waals surface area contributed by atoms with Crippen molar-refractivity contribution >= 4 is 5.91 Å². The van der Waals surface area contributed by atoms with E-state index in [1.807, 2.05) is 13.0 Å². The largest absolute Gasteiger partial charge is 0.347 e. The van der Waals surface area contributed by atoms with Crippen LogP contribution in [-0.2, 0) is 24.3 Å². The Labute approximate surface area is 178 Å². The topological polar surface area (TPSA) is 77.2 Å². The normalized spacial score (nSPS) is 13.2. The van der Waals surface area contributed by atoms with Crippen molar-refractivity contribution in [2.24, 2.45) is 0 Å². The van der Waals surface area contributed by atoms with Gasteiger partial charge in [-0.2, -0.15) is 4.98 Å². The standard InChI is InChI=1S/C23H23FN4O3/c1-15-11-16(2)27(23(31)25-15)10-8-21(29)26-9-7-17-12-22(30)28(14-18(17)13-26)20-5-3-19(24)4-6-20/h3-6,11-12,14H,7-10,13H2,1-2H3. The number of pyridine rings is 1. The van der Waals surface area contributed by atoms with Gasteiger partial charge < -0.3 is 4.90 Å². The van der Waals surface area contributed by atoms with Crippen LogP contribution in [0.5, 0.6) is 0 Å². The molecule has 160 valence electrons. The zero-order valence-electron chi connectivity index (χ0n) is 17.5. The van der Waals surface area contributed by atoms with E-state index in [1.165, 1.54) is 21.3 Å². The number of halogens is 1. The number of benzene rings is 1. The minimum Gasteiger partial charge on any atom is -0.338 e. The summed E-state index contributed by atoms with van der Waals surface area (Å²) in [5, 5.41) is 0. The minimum atomic E-state index is -0.371. The number of nitrogens with zero attached hydrogens (tertiary/aromatic N) is 4. The second-order valence-electron chi connectivity index (χ2n) is 7.80. The van der Waals surface area contributed by atoms with Gasteiger partial charge in [0.15, 0.2) is 0 Å². The fourth-order valence-corrected chi connectivity index (χ4v) is 3.96. The van der Waals surface area contributed by atoms with Gasteiger partial charge in [-0.25, -0.2) is 9.18 Å². The molecule has 4 rings (SSSR count). The number of carbonyl (C=O) groups excluding carboxylic acids is 1. The van der Waals surface area contributed by atoms with Gasteiger partial charge >= 0.3 is 5.69 Å². The average Bonchev–Trinajstić information content (AvgIpc) is 2.72. The van der Waals surface area contributed by atoms with Crippen LogP contribution in [0, 0.1) is 19.7 Å². The van der Waals surface area contributed by atoms with Gasteiger partial charge in [-0.1, -0.05) is 0 Å². The van der Waals surface area contributed by atoms with Crippen molar-refractivity contribution in [3.63, 3.8) is 0 Å². The first-order valence-corrected chi connectivity index (χ1v) is 10.1. The maximum atomic E-state index is 13.2. The first kappa shape index (κ1) is 20.7. The number of fused-ring (bicyclic) bond motifs is 1. The molecule has 1 aromatic carbocycles. The molecule has 2 aromatic heterocycles. The van der Waals surface area contributed by atoms with Crippen molar-refractivity contribution < 1.29 is 9.18 Å². The molecule has 0 fully saturated rings. The highest BCUT2D eigenvalue weighted by Crippen LogP contribution is 2.19. The Morgan fingerprint density at radius 3 is 2.55 bits per heavy atom. The maximum absolute atomic E-state index is 13.2. The van der Waals surface area contributed by atoms with Gasteiger partial charge in [0.1, 0.15) is 5.82 Å². The first-order chi connectivity index (χ1) is 14.8. The summed E-state index contributed by atoms with van der Waals surface area (Å²) in [4.78, 5) is 43.1. The van der Waals surface area contributed by atoms with Gasteiger partial charge in [0, 0.05) is 55.4 Å². The van der Waals surface area contributed by atoms with Gasteiger partial charge in [-0.15, -0.1) is 0 Å². The lowest BCUT2D eigenvalue weighted by Crippen LogP contribution is -2.38. The third kappa shape index (κ3) is 4.33. The summed E-state index contributed by atoms with van der Waals surface area (Å²) in [6, 6.07) is 9.11. The molecule has 31 heavy (non-hydrogen) atoms. The lowest BCUT2D eigenvalue weighted by atomic mass is 10.0. The molecule has 1 amide bonds. The molecule has 1 aliphatic heterocycles. The zero-order chi connectivity index (χ0) is 22.1. The Kier molecular flexibility index (Phi) is 5.54. The van der Waals surface area contributed by atoms with Crippen LogP contribution in [0.25, 0.3) is 5.69 Å². The number of rotatable bonds is 4. The molecule has 0 unspecified atom stereocenters. The van der Waals surface area contributed by atoms with Crippen molar-refractivity contribution in [3.05, 3.63) is 91.8 Å². The Bertz CT molecular complexity index is 1260. The van der Waals surface area contributed by atoms with E-state index >= 15 is 0 Å². The predicted molar refractivity (Wildman–Crippen MR) is 114 cm³/mol. The smallest absolute Gasteiger partial charge is 0.338 e. The van der Waals surface area contributed by atoms with Crippen molar-refractivity contribution in [1.29, 1.82) is 0 Å². The number of hydrogen-bond acceptors (Lipinski definition) is 4. The summed E-state index contributed by atoms with van der Waals surface area (Å²) in [5.74, 6) is -0.429. The Morgan fingerprint density at radius 1 is 1.10 bits per heavy atom. The molecule has 0 atom stereocenters. The van der Waals surface area contributed by atoms with Crippen LogP contribution in [0.4, 0.5) is 4.39 Å². The summed E-state index contributed by atoms with van der Waals surface area (Å²) < 4.78 is 16.2. The predicted octanol–water partition coefficient (Wildman–Crippen LogP) is 2.13. The Hall–Kier alpha value is -3.55. The number of aromatic nitrogens is 3. The number of amides is 1. The molecule has 0 saturated heterocycles. The van der Waals surface area contributed by atoms with E-state index in [0.717, 1.165) is 16.8 Å². The van der Waals surface area contributed by atoms with Crippen LogP contribution >= 0.6 is 0 Å². The fourth-order valence-electron chi connectivity index (χ4n) is 3.96. The molecule has 8 heteroatoms. The molecule has 3 heterocycles. The van der Waals surface area contributed by atoms with Gasteiger partial charge in [-0.3, -0.25) is 18.7 Å². The van der Waals surface area contributed by atoms with E-state index in [9.17, 15) is 18.8 Å². The molecule has 0 radical (unpaired) electrons. The summed E-state index contributed by atoms with van der Waals surface area (Å²) in [5.41, 5.74) is 3.27. The van der Waals surface area contributed by atoms with Crippen molar-refractivity contribution in [1.82, 2.24) is 19.0 Å². The molecule has 0 N–H and O–H groups in total. The highest BCUT2D eigenvalue weighted by atomic mass is 19.1. The fraction of sp³-hybridized carbons (Fsp3) is 0.304. The Morgan fingerprint density at radius 2 is 1.84 bits per heavy atom. The van der Waals surface area contributed by atoms with E-state index in [2.05, 4.69) is 4.98 Å². The van der Waals surface area contributed by atoms with Crippen LogP contribution < -0.4 is 11.2 Å². The van der Waals surface area contributed by atoms with Crippen LogP contribution in [0.3, 0.4) is 0 Å². The third-order valence-electron chi connectivity index (χ3n) is 5.60. The summed E-state index contributed by atoms with van der Waals surface area (Å²) in [6.07, 6.45) is 2.51. The molecule has 7 nitrogen and oxygen atoms in total. The zero-order valence-corrected chi connectivity index (χ0v) is 17.5. The van der Waals surface area contributed by atoms with Crippen LogP contribution in [0.15, 0.2) is 52.2 Å². The van der Waals surface area contributed by atoms with Gasteiger partial charge in [0.05, 0.1) is 0 Å². The van der Waals surface area contributed by atoms with E-state index in [1.54, 1.807) is 36.2 Å². The average molecular weight is 422 g/mol. The molecule has 0 aliphatic carbocycles. The monoisotopic (exact) mass is 422 g/mol. The third-order valence-corrected chi connectivity index (χ3v) is 5.60. The van der Waals surface area contributed by atoms with Gasteiger partial charge in [0.25, 0.3) is 5.56 Å². The van der Waals surface area contributed by atoms with Crippen LogP contribution in [0.1, 0.15) is 28.9 Å². The van der Waals surface area contributed by atoms with Crippen LogP contribution in [-0.4, -0.2) is 31.5 Å². The number of aryl methyl sites for hydroxylation is 2.